The molecular weight excluding hydrogens is 616 g/mol. The van der Waals surface area contributed by atoms with E-state index in [1.165, 1.54) is 31.8 Å². The van der Waals surface area contributed by atoms with Crippen molar-refractivity contribution in [2.45, 2.75) is 10.4 Å². The highest BCUT2D eigenvalue weighted by Crippen LogP contribution is 2.44. The van der Waals surface area contributed by atoms with E-state index in [1.54, 1.807) is 18.2 Å². The molecule has 3 aliphatic rings. The maximum Gasteiger partial charge on any atom is 0.417 e. The summed E-state index contributed by atoms with van der Waals surface area (Å²) in [4.78, 5) is 10.1. The van der Waals surface area contributed by atoms with Gasteiger partial charge in [0.1, 0.15) is 74.4 Å². The molecule has 0 amide bonds. The number of nitrogens with one attached hydrogen (secondary N) is 1. The zero-order valence-corrected chi connectivity index (χ0v) is 25.2. The quantitative estimate of drug-likeness (QED) is 0.252. The Hall–Kier alpha value is -2.70. The fourth-order valence-corrected chi connectivity index (χ4v) is 9.21. The number of rotatable bonds is 10. The number of quaternary nitrogens is 2. The van der Waals surface area contributed by atoms with Crippen LogP contribution >= 0.6 is 18.9 Å². The van der Waals surface area contributed by atoms with Crippen molar-refractivity contribution in [3.05, 3.63) is 53.6 Å². The molecule has 42 heavy (non-hydrogen) atoms. The molecule has 226 valence electrons. The van der Waals surface area contributed by atoms with Gasteiger partial charge in [0.25, 0.3) is 10.0 Å². The Kier molecular flexibility index (Phi) is 8.12. The number of benzene rings is 2. The van der Waals surface area contributed by atoms with Crippen LogP contribution < -0.4 is 14.0 Å². The molecule has 3 saturated heterocycles. The van der Waals surface area contributed by atoms with Gasteiger partial charge in [-0.15, -0.1) is 11.3 Å². The van der Waals surface area contributed by atoms with E-state index in [0.717, 1.165) is 58.6 Å². The van der Waals surface area contributed by atoms with Gasteiger partial charge in [-0.3, -0.25) is 0 Å². The molecule has 3 aromatic rings. The second-order valence-corrected chi connectivity index (χ2v) is 15.8. The molecule has 0 saturated carbocycles. The van der Waals surface area contributed by atoms with Gasteiger partial charge in [-0.2, -0.15) is 23.2 Å². The van der Waals surface area contributed by atoms with Crippen molar-refractivity contribution in [3.8, 4) is 17.6 Å². The fraction of sp³-hybridized carbons (Fsp3) is 0.423. The van der Waals surface area contributed by atoms with E-state index in [4.69, 9.17) is 14.5 Å². The molecule has 1 aromatic heterocycles. The number of hydrogen-bond donors (Lipinski definition) is 2. The van der Waals surface area contributed by atoms with E-state index < -0.39 is 47.0 Å². The Bertz CT molecular complexity index is 1680. The van der Waals surface area contributed by atoms with Crippen molar-refractivity contribution in [3.63, 3.8) is 0 Å². The second-order valence-electron chi connectivity index (χ2n) is 11.0. The number of halogens is 3. The first-order valence-electron chi connectivity index (χ1n) is 13.1. The molecule has 3 aliphatic heterocycles. The van der Waals surface area contributed by atoms with Crippen molar-refractivity contribution in [1.29, 1.82) is 5.26 Å². The number of thiophene rings is 1. The lowest BCUT2D eigenvalue weighted by atomic mass is 10.1. The summed E-state index contributed by atoms with van der Waals surface area (Å²) in [7, 11) is -6.71. The molecule has 0 radical (unpaired) electrons. The van der Waals surface area contributed by atoms with Crippen LogP contribution in [0.2, 0.25) is 0 Å². The minimum Gasteiger partial charge on any atom is -0.488 e. The summed E-state index contributed by atoms with van der Waals surface area (Å²) in [5, 5.41) is 9.51. The molecular formula is C26H30F3N4O6PS2+2. The Morgan fingerprint density at radius 3 is 2.38 bits per heavy atom. The van der Waals surface area contributed by atoms with Gasteiger partial charge in [-0.25, -0.2) is 13.0 Å². The summed E-state index contributed by atoms with van der Waals surface area (Å²) in [6.45, 7) is 8.42. The second kappa shape index (κ2) is 11.1. The molecule has 1 unspecified atom stereocenters. The van der Waals surface area contributed by atoms with E-state index in [2.05, 4.69) is 7.05 Å². The molecule has 2 aromatic carbocycles. The number of likely N-dealkylation sites (N-methyl/N-ethyl adjacent to an activating group) is 1. The van der Waals surface area contributed by atoms with Crippen molar-refractivity contribution >= 4 is 39.0 Å². The summed E-state index contributed by atoms with van der Waals surface area (Å²) < 4.78 is 93.5. The van der Waals surface area contributed by atoms with Crippen LogP contribution in [-0.2, 0) is 20.8 Å². The highest BCUT2D eigenvalue weighted by Gasteiger charge is 2.46. The minimum atomic E-state index is -4.90. The molecule has 1 atom stereocenters. The fourth-order valence-electron chi connectivity index (χ4n) is 5.29. The third kappa shape index (κ3) is 6.75. The molecule has 2 bridgehead atoms. The Labute approximate surface area is 245 Å². The molecule has 0 aliphatic carbocycles. The van der Waals surface area contributed by atoms with Gasteiger partial charge in [-0.05, 0) is 47.9 Å². The first kappa shape index (κ1) is 30.7. The van der Waals surface area contributed by atoms with Crippen LogP contribution in [0.4, 0.5) is 13.2 Å². The van der Waals surface area contributed by atoms with Gasteiger partial charge in [0.05, 0.1) is 24.2 Å². The predicted octanol–water partition coefficient (Wildman–Crippen LogP) is 3.96. The molecule has 2 N–H and O–H groups in total. The average Bonchev–Trinajstić information content (AvgIpc) is 3.37. The zero-order chi connectivity index (χ0) is 30.4. The third-order valence-electron chi connectivity index (χ3n) is 8.03. The number of alkyl halides is 3. The number of sulfonamides is 1. The maximum atomic E-state index is 13.2. The van der Waals surface area contributed by atoms with E-state index in [-0.39, 0.29) is 4.21 Å². The van der Waals surface area contributed by atoms with Crippen LogP contribution in [0.1, 0.15) is 11.1 Å². The smallest absolute Gasteiger partial charge is 0.417 e. The van der Waals surface area contributed by atoms with Crippen LogP contribution in [0.5, 0.6) is 11.5 Å². The molecule has 4 heterocycles. The van der Waals surface area contributed by atoms with Gasteiger partial charge >= 0.3 is 13.8 Å². The maximum absolute atomic E-state index is 13.2. The molecule has 10 nitrogen and oxygen atoms in total. The number of hydrogen-bond acceptors (Lipinski definition) is 7. The average molecular weight is 647 g/mol. The van der Waals surface area contributed by atoms with Gasteiger partial charge < -0.3 is 23.1 Å². The number of fused-ring (bicyclic) bond motifs is 4. The first-order valence-corrected chi connectivity index (χ1v) is 17.1. The lowest BCUT2D eigenvalue weighted by Crippen LogP contribution is -2.74. The predicted molar refractivity (Wildman–Crippen MR) is 150 cm³/mol. The van der Waals surface area contributed by atoms with Crippen molar-refractivity contribution in [1.82, 2.24) is 4.72 Å². The van der Waals surface area contributed by atoms with Crippen LogP contribution in [-0.4, -0.2) is 88.0 Å². The highest BCUT2D eigenvalue weighted by atomic mass is 32.2. The number of piperazine rings is 3. The Morgan fingerprint density at radius 2 is 1.74 bits per heavy atom. The normalized spacial score (nSPS) is 23.8. The van der Waals surface area contributed by atoms with Crippen LogP contribution in [0, 0.1) is 11.3 Å². The van der Waals surface area contributed by atoms with Crippen molar-refractivity contribution < 1.29 is 49.3 Å². The number of nitrogens with zero attached hydrogens (tertiary/aromatic N) is 3. The summed E-state index contributed by atoms with van der Waals surface area (Å²) >= 11 is 0.952. The standard InChI is InChI=1S/C26H29F3N4O6PS2/c1-32-6-9-33(10-7-32,11-8-32)12-13-38-21-4-5-24-20(14-21)15-25(41-24)42(36,37)31-18-40(34,35)39-22-3-2-19(17-30)23(16-22)26(27,28)29/h2-5,14-16,31H,6-13,18H2,1H3/q+1/p+1. The minimum absolute atomic E-state index is 0.117. The van der Waals surface area contributed by atoms with Crippen molar-refractivity contribution in [2.75, 3.05) is 65.8 Å². The third-order valence-corrected chi connectivity index (χ3v) is 12.3. The summed E-state index contributed by atoms with van der Waals surface area (Å²) in [5.74, 6) is -0.0253. The lowest BCUT2D eigenvalue weighted by molar-refractivity contribution is -1.07. The zero-order valence-electron chi connectivity index (χ0n) is 22.6. The van der Waals surface area contributed by atoms with Gasteiger partial charge in [0, 0.05) is 4.70 Å². The van der Waals surface area contributed by atoms with Crippen LogP contribution in [0.3, 0.4) is 0 Å². The molecule has 16 heteroatoms. The highest BCUT2D eigenvalue weighted by molar-refractivity contribution is 7.92. The van der Waals surface area contributed by atoms with Crippen LogP contribution in [0.25, 0.3) is 10.1 Å². The summed E-state index contributed by atoms with van der Waals surface area (Å²) in [6, 6.07) is 10.2. The summed E-state index contributed by atoms with van der Waals surface area (Å²) in [6.07, 6.45) is -5.99. The van der Waals surface area contributed by atoms with E-state index in [0.29, 0.717) is 28.5 Å². The largest absolute Gasteiger partial charge is 0.488 e. The van der Waals surface area contributed by atoms with E-state index in [1.807, 2.05) is 4.72 Å². The topological polar surface area (TPSA) is 126 Å². The Morgan fingerprint density at radius 1 is 1.07 bits per heavy atom. The van der Waals surface area contributed by atoms with Gasteiger partial charge in [0.2, 0.25) is 0 Å². The number of nitriles is 1. The molecule has 3 fully saturated rings. The lowest BCUT2D eigenvalue weighted by Gasteiger charge is -2.53. The van der Waals surface area contributed by atoms with Gasteiger partial charge in [0.15, 0.2) is 0 Å². The molecule has 0 spiro atoms. The van der Waals surface area contributed by atoms with E-state index >= 15 is 0 Å². The monoisotopic (exact) mass is 646 g/mol. The SMILES string of the molecule is C[N+]12CC[N+](CCOc3ccc4sc(S(=O)(=O)NCP(=O)(O)Oc5ccc(C#N)c(C(F)(F)F)c5)cc4c3)(CC1)CC2. The first-order chi connectivity index (χ1) is 19.6. The Balaban J connectivity index is 1.20. The number of ether oxygens (including phenoxy) is 1. The molecule has 6 rings (SSSR count). The summed E-state index contributed by atoms with van der Waals surface area (Å²) in [5.41, 5.74) is -2.03. The van der Waals surface area contributed by atoms with Crippen molar-refractivity contribution in [2.24, 2.45) is 0 Å². The van der Waals surface area contributed by atoms with E-state index in [9.17, 15) is 31.0 Å². The van der Waals surface area contributed by atoms with Crippen LogP contribution in [0.15, 0.2) is 46.7 Å². The van der Waals surface area contributed by atoms with Gasteiger partial charge in [-0.1, -0.05) is 0 Å².